The van der Waals surface area contributed by atoms with Crippen LogP contribution in [0.4, 0.5) is 5.69 Å². The van der Waals surface area contributed by atoms with E-state index in [2.05, 4.69) is 27.1 Å². The largest absolute Gasteiger partial charge is 0.325 e. The average molecular weight is 323 g/mol. The van der Waals surface area contributed by atoms with Crippen LogP contribution in [0.3, 0.4) is 0 Å². The van der Waals surface area contributed by atoms with E-state index in [1.165, 1.54) is 4.88 Å². The second kappa shape index (κ2) is 6.10. The lowest BCUT2D eigenvalue weighted by Crippen LogP contribution is -2.27. The van der Waals surface area contributed by atoms with Gasteiger partial charge in [-0.3, -0.25) is 9.78 Å². The van der Waals surface area contributed by atoms with E-state index >= 15 is 0 Å². The van der Waals surface area contributed by atoms with Gasteiger partial charge in [0.2, 0.25) is 5.91 Å². The number of nitrogens with one attached hydrogen (secondary N) is 2. The first-order valence-electron chi connectivity index (χ1n) is 7.70. The van der Waals surface area contributed by atoms with Crippen LogP contribution in [0, 0.1) is 5.92 Å². The summed E-state index contributed by atoms with van der Waals surface area (Å²) in [6.07, 6.45) is 3.57. The summed E-state index contributed by atoms with van der Waals surface area (Å²) in [6.45, 7) is 1.58. The molecule has 1 amide bonds. The Morgan fingerprint density at radius 2 is 2.17 bits per heavy atom. The van der Waals surface area contributed by atoms with Gasteiger partial charge in [-0.05, 0) is 23.6 Å². The maximum absolute atomic E-state index is 12.8. The van der Waals surface area contributed by atoms with Crippen LogP contribution in [-0.4, -0.2) is 24.0 Å². The second-order valence-electron chi connectivity index (χ2n) is 5.78. The Morgan fingerprint density at radius 3 is 3.04 bits per heavy atom. The molecular formula is C18H17N3OS. The van der Waals surface area contributed by atoms with Gasteiger partial charge in [0.25, 0.3) is 0 Å². The molecule has 0 saturated carbocycles. The highest BCUT2D eigenvalue weighted by Crippen LogP contribution is 2.32. The molecule has 1 saturated heterocycles. The number of hydrogen-bond acceptors (Lipinski definition) is 4. The third-order valence-electron chi connectivity index (χ3n) is 4.40. The maximum atomic E-state index is 12.8. The molecular weight excluding hydrogens is 306 g/mol. The van der Waals surface area contributed by atoms with Crippen LogP contribution in [0.2, 0.25) is 0 Å². The lowest BCUT2D eigenvalue weighted by Gasteiger charge is -2.17. The third kappa shape index (κ3) is 2.73. The number of rotatable bonds is 3. The summed E-state index contributed by atoms with van der Waals surface area (Å²) >= 11 is 1.72. The van der Waals surface area contributed by atoms with Crippen LogP contribution < -0.4 is 10.6 Å². The van der Waals surface area contributed by atoms with Crippen LogP contribution in [0.5, 0.6) is 0 Å². The lowest BCUT2D eigenvalue weighted by molar-refractivity contribution is -0.119. The fourth-order valence-electron chi connectivity index (χ4n) is 3.21. The van der Waals surface area contributed by atoms with Gasteiger partial charge in [-0.15, -0.1) is 11.3 Å². The average Bonchev–Trinajstić information content (AvgIpc) is 3.26. The molecule has 3 aromatic rings. The molecule has 1 aliphatic rings. The molecule has 4 rings (SSSR count). The number of hydrogen-bond donors (Lipinski definition) is 2. The van der Waals surface area contributed by atoms with Gasteiger partial charge in [0, 0.05) is 52.7 Å². The van der Waals surface area contributed by atoms with Crippen LogP contribution in [0.1, 0.15) is 10.8 Å². The van der Waals surface area contributed by atoms with E-state index in [1.807, 2.05) is 36.5 Å². The second-order valence-corrected chi connectivity index (χ2v) is 6.76. The number of carbonyl (C=O) groups excluding carboxylic acids is 1. The molecule has 1 aromatic carbocycles. The van der Waals surface area contributed by atoms with Crippen molar-refractivity contribution in [1.82, 2.24) is 10.3 Å². The summed E-state index contributed by atoms with van der Waals surface area (Å²) in [5, 5.41) is 10.6. The predicted octanol–water partition coefficient (Wildman–Crippen LogP) is 3.24. The summed E-state index contributed by atoms with van der Waals surface area (Å²) in [5.74, 6) is 0.301. The zero-order valence-electron chi connectivity index (χ0n) is 12.5. The number of nitrogens with zero attached hydrogens (tertiary/aromatic N) is 1. The highest BCUT2D eigenvalue weighted by atomic mass is 32.1. The summed E-state index contributed by atoms with van der Waals surface area (Å²) in [7, 11) is 0. The summed E-state index contributed by atoms with van der Waals surface area (Å²) in [5.41, 5.74) is 0.853. The van der Waals surface area contributed by atoms with Gasteiger partial charge < -0.3 is 10.6 Å². The van der Waals surface area contributed by atoms with Crippen LogP contribution >= 0.6 is 11.3 Å². The quantitative estimate of drug-likeness (QED) is 0.778. The van der Waals surface area contributed by atoms with Gasteiger partial charge in [-0.25, -0.2) is 0 Å². The Morgan fingerprint density at radius 1 is 1.22 bits per heavy atom. The van der Waals surface area contributed by atoms with E-state index in [1.54, 1.807) is 17.5 Å². The molecule has 0 spiro atoms. The van der Waals surface area contributed by atoms with E-state index in [-0.39, 0.29) is 17.7 Å². The van der Waals surface area contributed by atoms with Crippen LogP contribution in [0.25, 0.3) is 10.8 Å². The van der Waals surface area contributed by atoms with Crippen molar-refractivity contribution in [1.29, 1.82) is 0 Å². The highest BCUT2D eigenvalue weighted by molar-refractivity contribution is 7.10. The van der Waals surface area contributed by atoms with Crippen molar-refractivity contribution in [2.45, 2.75) is 5.92 Å². The SMILES string of the molecule is O=C(Nc1cccc2cnccc12)[C@H]1CNC[C@@H]1c1cccs1. The van der Waals surface area contributed by atoms with Crippen molar-refractivity contribution >= 4 is 33.7 Å². The molecule has 1 aliphatic heterocycles. The van der Waals surface area contributed by atoms with Gasteiger partial charge in [-0.2, -0.15) is 0 Å². The number of anilines is 1. The normalized spacial score (nSPS) is 20.7. The molecule has 0 unspecified atom stereocenters. The predicted molar refractivity (Wildman–Crippen MR) is 93.8 cm³/mol. The number of carbonyl (C=O) groups is 1. The smallest absolute Gasteiger partial charge is 0.229 e. The minimum Gasteiger partial charge on any atom is -0.325 e. The number of benzene rings is 1. The van der Waals surface area contributed by atoms with Gasteiger partial charge in [0.1, 0.15) is 0 Å². The summed E-state index contributed by atoms with van der Waals surface area (Å²) < 4.78 is 0. The van der Waals surface area contributed by atoms with E-state index in [0.29, 0.717) is 0 Å². The first kappa shape index (κ1) is 14.4. The monoisotopic (exact) mass is 323 g/mol. The van der Waals surface area contributed by atoms with Crippen molar-refractivity contribution in [3.63, 3.8) is 0 Å². The van der Waals surface area contributed by atoms with Crippen molar-refractivity contribution < 1.29 is 4.79 Å². The van der Waals surface area contributed by atoms with Gasteiger partial charge in [0.15, 0.2) is 0 Å². The Hall–Kier alpha value is -2.24. The topological polar surface area (TPSA) is 54.0 Å². The van der Waals surface area contributed by atoms with E-state index < -0.39 is 0 Å². The fourth-order valence-corrected chi connectivity index (χ4v) is 4.11. The van der Waals surface area contributed by atoms with E-state index in [4.69, 9.17) is 0 Å². The standard InChI is InChI=1S/C18H17N3OS/c22-18(15-11-20-10-14(15)17-5-2-8-23-17)21-16-4-1-3-12-9-19-7-6-13(12)16/h1-9,14-15,20H,10-11H2,(H,21,22)/t14-,15-/m0/s1. The zero-order valence-corrected chi connectivity index (χ0v) is 13.3. The maximum Gasteiger partial charge on any atom is 0.229 e. The summed E-state index contributed by atoms with van der Waals surface area (Å²) in [6, 6.07) is 12.0. The first-order valence-corrected chi connectivity index (χ1v) is 8.58. The molecule has 2 N–H and O–H groups in total. The molecule has 3 heterocycles. The van der Waals surface area contributed by atoms with Crippen molar-refractivity contribution in [2.75, 3.05) is 18.4 Å². The number of amides is 1. The van der Waals surface area contributed by atoms with Crippen LogP contribution in [-0.2, 0) is 4.79 Å². The van der Waals surface area contributed by atoms with Gasteiger partial charge >= 0.3 is 0 Å². The van der Waals surface area contributed by atoms with Crippen molar-refractivity contribution in [2.24, 2.45) is 5.92 Å². The van der Waals surface area contributed by atoms with Crippen molar-refractivity contribution in [3.8, 4) is 0 Å². The molecule has 116 valence electrons. The highest BCUT2D eigenvalue weighted by Gasteiger charge is 2.34. The Bertz CT molecular complexity index is 826. The molecule has 0 aliphatic carbocycles. The molecule has 5 heteroatoms. The Balaban J connectivity index is 1.59. The molecule has 2 atom stereocenters. The molecule has 4 nitrogen and oxygen atoms in total. The van der Waals surface area contributed by atoms with Crippen molar-refractivity contribution in [3.05, 3.63) is 59.0 Å². The number of aromatic nitrogens is 1. The van der Waals surface area contributed by atoms with E-state index in [0.717, 1.165) is 29.5 Å². The molecule has 2 aromatic heterocycles. The van der Waals surface area contributed by atoms with Gasteiger partial charge in [-0.1, -0.05) is 18.2 Å². The lowest BCUT2D eigenvalue weighted by atomic mass is 9.93. The Kier molecular flexibility index (Phi) is 3.81. The van der Waals surface area contributed by atoms with E-state index in [9.17, 15) is 4.79 Å². The van der Waals surface area contributed by atoms with Gasteiger partial charge in [0.05, 0.1) is 5.92 Å². The minimum absolute atomic E-state index is 0.0363. The van der Waals surface area contributed by atoms with Crippen LogP contribution in [0.15, 0.2) is 54.2 Å². The number of pyridine rings is 1. The summed E-state index contributed by atoms with van der Waals surface area (Å²) in [4.78, 5) is 18.2. The third-order valence-corrected chi connectivity index (χ3v) is 5.40. The number of thiophene rings is 1. The zero-order chi connectivity index (χ0) is 15.6. The fraction of sp³-hybridized carbons (Fsp3) is 0.222. The Labute approximate surface area is 138 Å². The minimum atomic E-state index is -0.0363. The molecule has 23 heavy (non-hydrogen) atoms. The molecule has 1 fully saturated rings. The molecule has 0 radical (unpaired) electrons. The molecule has 0 bridgehead atoms. The first-order chi connectivity index (χ1) is 11.3. The number of fused-ring (bicyclic) bond motifs is 1.